The van der Waals surface area contributed by atoms with Gasteiger partial charge in [0.2, 0.25) is 10.0 Å². The molecule has 1 aliphatic heterocycles. The number of fused-ring (bicyclic) bond motifs is 1. The second kappa shape index (κ2) is 7.44. The first-order chi connectivity index (χ1) is 13.1. The number of rotatable bonds is 3. The Bertz CT molecular complexity index is 1020. The predicted octanol–water partition coefficient (Wildman–Crippen LogP) is 3.23. The zero-order chi connectivity index (χ0) is 20.6. The summed E-state index contributed by atoms with van der Waals surface area (Å²) in [6.45, 7) is 3.69. The highest BCUT2D eigenvalue weighted by Gasteiger charge is 2.30. The minimum absolute atomic E-state index is 0.0429. The number of carbonyl (C=O) groups is 1. The normalized spacial score (nSPS) is 20.6. The molecule has 3 rings (SSSR count). The van der Waals surface area contributed by atoms with Crippen LogP contribution in [0.2, 0.25) is 0 Å². The molecule has 1 aliphatic rings. The lowest BCUT2D eigenvalue weighted by molar-refractivity contribution is 0.102. The van der Waals surface area contributed by atoms with Crippen LogP contribution in [0, 0.1) is 17.5 Å². The van der Waals surface area contributed by atoms with E-state index in [1.807, 2.05) is 13.8 Å². The topological polar surface area (TPSA) is 87.3 Å². The smallest absolute Gasteiger partial charge is 0.255 e. The lowest BCUT2D eigenvalue weighted by Crippen LogP contribution is -2.42. The fraction of sp³-hybridized carbons (Fsp3) is 0.278. The Morgan fingerprint density at radius 3 is 2.39 bits per heavy atom. The molecule has 0 unspecified atom stereocenters. The molecule has 0 saturated carbocycles. The average Bonchev–Trinajstić information content (AvgIpc) is 2.73. The molecule has 0 saturated heterocycles. The highest BCUT2D eigenvalue weighted by atomic mass is 32.2. The molecule has 0 bridgehead atoms. The predicted molar refractivity (Wildman–Crippen MR) is 98.2 cm³/mol. The quantitative estimate of drug-likeness (QED) is 0.675. The van der Waals surface area contributed by atoms with Gasteiger partial charge in [-0.05, 0) is 31.5 Å². The molecule has 2 aromatic carbocycles. The molecule has 0 aliphatic carbocycles. The molecule has 2 atom stereocenters. The van der Waals surface area contributed by atoms with Crippen LogP contribution >= 0.6 is 0 Å². The Labute approximate surface area is 160 Å². The fourth-order valence-corrected chi connectivity index (χ4v) is 4.58. The largest absolute Gasteiger partial charge is 0.380 e. The van der Waals surface area contributed by atoms with E-state index in [2.05, 4.69) is 15.4 Å². The minimum atomic E-state index is -3.88. The molecule has 0 fully saturated rings. The van der Waals surface area contributed by atoms with Gasteiger partial charge in [-0.3, -0.25) is 4.79 Å². The van der Waals surface area contributed by atoms with E-state index in [1.165, 1.54) is 18.2 Å². The van der Waals surface area contributed by atoms with Gasteiger partial charge in [0, 0.05) is 35.5 Å². The molecule has 10 heteroatoms. The fourth-order valence-electron chi connectivity index (χ4n) is 2.98. The summed E-state index contributed by atoms with van der Waals surface area (Å²) < 4.78 is 67.5. The van der Waals surface area contributed by atoms with Crippen LogP contribution in [-0.4, -0.2) is 26.4 Å². The molecule has 0 aromatic heterocycles. The van der Waals surface area contributed by atoms with Crippen LogP contribution in [0.4, 0.5) is 24.5 Å². The Balaban J connectivity index is 1.93. The maximum Gasteiger partial charge on any atom is 0.255 e. The summed E-state index contributed by atoms with van der Waals surface area (Å²) in [5.41, 5.74) is 0.000147. The highest BCUT2D eigenvalue weighted by molar-refractivity contribution is 7.89. The standard InChI is InChI=1S/C18H18F3N3O3S/c1-3-14-9(2)22-15-5-4-10(6-16(15)28(26,27)24-14)18(25)23-11-7-12(19)17(21)13(20)8-11/h4-9,14,22,24H,3H2,1-2H3,(H,23,25)/t9-,14+/m0/s1. The monoisotopic (exact) mass is 413 g/mol. The molecule has 3 N–H and O–H groups in total. The number of sulfonamides is 1. The number of carbonyl (C=O) groups excluding carboxylic acids is 1. The van der Waals surface area contributed by atoms with E-state index in [4.69, 9.17) is 0 Å². The van der Waals surface area contributed by atoms with Gasteiger partial charge in [-0.1, -0.05) is 6.92 Å². The number of hydrogen-bond donors (Lipinski definition) is 3. The molecular formula is C18H18F3N3O3S. The molecule has 28 heavy (non-hydrogen) atoms. The maximum absolute atomic E-state index is 13.3. The summed E-state index contributed by atoms with van der Waals surface area (Å²) in [5.74, 6) is -5.35. The Kier molecular flexibility index (Phi) is 5.35. The summed E-state index contributed by atoms with van der Waals surface area (Å²) in [6, 6.07) is 4.75. The number of amides is 1. The first kappa shape index (κ1) is 20.2. The van der Waals surface area contributed by atoms with Gasteiger partial charge >= 0.3 is 0 Å². The lowest BCUT2D eigenvalue weighted by Gasteiger charge is -2.21. The van der Waals surface area contributed by atoms with Gasteiger partial charge in [-0.25, -0.2) is 26.3 Å². The third kappa shape index (κ3) is 3.83. The van der Waals surface area contributed by atoms with Crippen LogP contribution in [0.1, 0.15) is 30.6 Å². The molecule has 2 aromatic rings. The molecule has 0 spiro atoms. The second-order valence-electron chi connectivity index (χ2n) is 6.49. The third-order valence-electron chi connectivity index (χ3n) is 4.51. The van der Waals surface area contributed by atoms with Crippen molar-refractivity contribution < 1.29 is 26.4 Å². The van der Waals surface area contributed by atoms with Crippen molar-refractivity contribution in [2.75, 3.05) is 10.6 Å². The molecule has 150 valence electrons. The number of benzene rings is 2. The van der Waals surface area contributed by atoms with Crippen molar-refractivity contribution in [1.29, 1.82) is 0 Å². The van der Waals surface area contributed by atoms with E-state index in [0.29, 0.717) is 24.2 Å². The first-order valence-corrected chi connectivity index (χ1v) is 9.99. The van der Waals surface area contributed by atoms with Gasteiger partial charge in [0.05, 0.1) is 5.69 Å². The molecule has 6 nitrogen and oxygen atoms in total. The van der Waals surface area contributed by atoms with Crippen LogP contribution in [0.5, 0.6) is 0 Å². The van der Waals surface area contributed by atoms with E-state index in [9.17, 15) is 26.4 Å². The Morgan fingerprint density at radius 1 is 1.14 bits per heavy atom. The van der Waals surface area contributed by atoms with Crippen LogP contribution in [0.25, 0.3) is 0 Å². The van der Waals surface area contributed by atoms with Gasteiger partial charge in [-0.2, -0.15) is 0 Å². The van der Waals surface area contributed by atoms with Gasteiger partial charge in [0.25, 0.3) is 5.91 Å². The number of halogens is 3. The van der Waals surface area contributed by atoms with Crippen molar-refractivity contribution in [1.82, 2.24) is 4.72 Å². The maximum atomic E-state index is 13.3. The zero-order valence-corrected chi connectivity index (χ0v) is 15.8. The van der Waals surface area contributed by atoms with E-state index in [0.717, 1.165) is 0 Å². The molecular weight excluding hydrogens is 395 g/mol. The zero-order valence-electron chi connectivity index (χ0n) is 15.0. The molecule has 1 amide bonds. The van der Waals surface area contributed by atoms with Crippen LogP contribution in [0.15, 0.2) is 35.2 Å². The summed E-state index contributed by atoms with van der Waals surface area (Å²) >= 11 is 0. The van der Waals surface area contributed by atoms with Crippen molar-refractivity contribution in [2.24, 2.45) is 0 Å². The summed E-state index contributed by atoms with van der Waals surface area (Å²) in [7, 11) is -3.88. The molecule has 1 heterocycles. The van der Waals surface area contributed by atoms with Crippen LogP contribution in [0.3, 0.4) is 0 Å². The number of anilines is 2. The van der Waals surface area contributed by atoms with E-state index in [1.54, 1.807) is 0 Å². The van der Waals surface area contributed by atoms with Crippen molar-refractivity contribution in [3.8, 4) is 0 Å². The van der Waals surface area contributed by atoms with E-state index in [-0.39, 0.29) is 28.2 Å². The van der Waals surface area contributed by atoms with Crippen LogP contribution in [-0.2, 0) is 10.0 Å². The Hall–Kier alpha value is -2.59. The SMILES string of the molecule is CC[C@H]1NS(=O)(=O)c2cc(C(=O)Nc3cc(F)c(F)c(F)c3)ccc2N[C@H]1C. The summed E-state index contributed by atoms with van der Waals surface area (Å²) in [6.07, 6.45) is 0.566. The van der Waals surface area contributed by atoms with Crippen LogP contribution < -0.4 is 15.4 Å². The van der Waals surface area contributed by atoms with Gasteiger partial charge in [0.15, 0.2) is 17.5 Å². The van der Waals surface area contributed by atoms with E-state index < -0.39 is 33.4 Å². The molecule has 0 radical (unpaired) electrons. The van der Waals surface area contributed by atoms with Crippen molar-refractivity contribution >= 4 is 27.3 Å². The minimum Gasteiger partial charge on any atom is -0.380 e. The second-order valence-corrected chi connectivity index (χ2v) is 8.17. The van der Waals surface area contributed by atoms with Crippen molar-refractivity contribution in [2.45, 2.75) is 37.2 Å². The third-order valence-corrected chi connectivity index (χ3v) is 6.04. The van der Waals surface area contributed by atoms with Crippen molar-refractivity contribution in [3.05, 3.63) is 53.3 Å². The summed E-state index contributed by atoms with van der Waals surface area (Å²) in [5, 5.41) is 5.33. The van der Waals surface area contributed by atoms with Gasteiger partial charge in [0.1, 0.15) is 4.90 Å². The van der Waals surface area contributed by atoms with Gasteiger partial charge < -0.3 is 10.6 Å². The number of nitrogens with one attached hydrogen (secondary N) is 3. The Morgan fingerprint density at radius 2 is 1.79 bits per heavy atom. The van der Waals surface area contributed by atoms with E-state index >= 15 is 0 Å². The first-order valence-electron chi connectivity index (χ1n) is 8.51. The summed E-state index contributed by atoms with van der Waals surface area (Å²) in [4.78, 5) is 12.3. The van der Waals surface area contributed by atoms with Gasteiger partial charge in [-0.15, -0.1) is 0 Å². The van der Waals surface area contributed by atoms with Crippen molar-refractivity contribution in [3.63, 3.8) is 0 Å². The number of hydrogen-bond acceptors (Lipinski definition) is 4. The lowest BCUT2D eigenvalue weighted by atomic mass is 10.1. The highest BCUT2D eigenvalue weighted by Crippen LogP contribution is 2.28. The average molecular weight is 413 g/mol.